The monoisotopic (exact) mass is 748 g/mol. The van der Waals surface area contributed by atoms with Crippen molar-refractivity contribution < 1.29 is 40.3 Å². The van der Waals surface area contributed by atoms with Crippen molar-refractivity contribution in [1.29, 1.82) is 0 Å². The third-order valence-electron chi connectivity index (χ3n) is 8.00. The first-order valence-electron chi connectivity index (χ1n) is 15.8. The number of hydrogen-bond donors (Lipinski definition) is 1. The Hall–Kier alpha value is -2.34. The van der Waals surface area contributed by atoms with E-state index in [-0.39, 0.29) is 43.7 Å². The van der Waals surface area contributed by atoms with Crippen LogP contribution in [-0.2, 0) is 29.5 Å². The molecule has 0 radical (unpaired) electrons. The molecule has 46 heavy (non-hydrogen) atoms. The largest absolute Gasteiger partial charge is 2.00 e. The van der Waals surface area contributed by atoms with Crippen LogP contribution in [0.5, 0.6) is 0 Å². The van der Waals surface area contributed by atoms with Crippen LogP contribution in [0.4, 0.5) is 0 Å². The van der Waals surface area contributed by atoms with Crippen LogP contribution in [0.2, 0.25) is 0 Å². The number of nitrogens with two attached hydrogens (primary N) is 1. The van der Waals surface area contributed by atoms with Gasteiger partial charge in [-0.25, -0.2) is 8.42 Å². The van der Waals surface area contributed by atoms with E-state index in [1.165, 1.54) is 11.1 Å². The number of rotatable bonds is 10. The molecule has 0 saturated carbocycles. The molecule has 0 aliphatic rings. The summed E-state index contributed by atoms with van der Waals surface area (Å²) in [5, 5.41) is 0. The minimum atomic E-state index is -4.01. The van der Waals surface area contributed by atoms with E-state index < -0.39 is 22.1 Å². The Kier molecular flexibility index (Phi) is 17.1. The molecule has 2 atom stereocenters. The minimum Gasteiger partial charge on any atom is -1.00 e. The molecule has 0 aliphatic carbocycles. The van der Waals surface area contributed by atoms with Crippen molar-refractivity contribution in [2.45, 2.75) is 103 Å². The van der Waals surface area contributed by atoms with Gasteiger partial charge in [-0.1, -0.05) is 170 Å². The fourth-order valence-corrected chi connectivity index (χ4v) is 7.02. The number of sulfonamides is 1. The van der Waals surface area contributed by atoms with Gasteiger partial charge in [0.25, 0.3) is 0 Å². The van der Waals surface area contributed by atoms with Crippen LogP contribution >= 0.6 is 0 Å². The van der Waals surface area contributed by atoms with Crippen molar-refractivity contribution in [1.82, 2.24) is 0 Å². The zero-order valence-electron chi connectivity index (χ0n) is 28.7. The Balaban J connectivity index is 0.000000754. The average molecular weight is 748 g/mol. The van der Waals surface area contributed by atoms with Crippen LogP contribution in [0.1, 0.15) is 130 Å². The summed E-state index contributed by atoms with van der Waals surface area (Å²) in [6, 6.07) is 30.5. The van der Waals surface area contributed by atoms with Gasteiger partial charge in [-0.2, -0.15) is 0 Å². The molecule has 7 heteroatoms. The van der Waals surface area contributed by atoms with Gasteiger partial charge in [-0.05, 0) is 58.4 Å². The van der Waals surface area contributed by atoms with Gasteiger partial charge in [-0.3, -0.25) is 0 Å². The molecule has 4 nitrogen and oxygen atoms in total. The van der Waals surface area contributed by atoms with Gasteiger partial charge in [0.15, 0.2) is 0 Å². The molecule has 0 bridgehead atoms. The second-order valence-corrected chi connectivity index (χ2v) is 14.5. The molecular formula is C39H51ClN2O2RuS. The Morgan fingerprint density at radius 2 is 0.978 bits per heavy atom. The van der Waals surface area contributed by atoms with E-state index in [2.05, 4.69) is 63.6 Å². The van der Waals surface area contributed by atoms with Crippen molar-refractivity contribution in [2.24, 2.45) is 5.73 Å². The van der Waals surface area contributed by atoms with Crippen LogP contribution in [0, 0.1) is 6.92 Å². The summed E-state index contributed by atoms with van der Waals surface area (Å²) < 4.78 is 32.7. The molecule has 0 heterocycles. The summed E-state index contributed by atoms with van der Waals surface area (Å²) in [5.74, 6) is 1.02. The van der Waals surface area contributed by atoms with Crippen LogP contribution in [-0.4, -0.2) is 8.42 Å². The summed E-state index contributed by atoms with van der Waals surface area (Å²) in [7, 11) is -4.01. The molecule has 0 unspecified atom stereocenters. The zero-order chi connectivity index (χ0) is 32.6. The topological polar surface area (TPSA) is 74.3 Å². The molecule has 0 aliphatic heterocycles. The first-order valence-corrected chi connectivity index (χ1v) is 17.2. The van der Waals surface area contributed by atoms with Crippen molar-refractivity contribution in [3.63, 3.8) is 0 Å². The van der Waals surface area contributed by atoms with E-state index in [0.29, 0.717) is 16.7 Å². The van der Waals surface area contributed by atoms with Gasteiger partial charge in [0.1, 0.15) is 10.0 Å². The van der Waals surface area contributed by atoms with Crippen molar-refractivity contribution in [3.05, 3.63) is 141 Å². The predicted molar refractivity (Wildman–Crippen MR) is 187 cm³/mol. The molecule has 250 valence electrons. The van der Waals surface area contributed by atoms with Gasteiger partial charge >= 0.3 is 19.5 Å². The maximum Gasteiger partial charge on any atom is 2.00 e. The molecule has 2 N–H and O–H groups in total. The van der Waals surface area contributed by atoms with Crippen molar-refractivity contribution in [3.8, 4) is 0 Å². The number of nitrogens with zero attached hydrogens (tertiary/aromatic N) is 1. The third kappa shape index (κ3) is 11.1. The van der Waals surface area contributed by atoms with Crippen LogP contribution in [0.15, 0.2) is 102 Å². The molecule has 0 saturated heterocycles. The maximum atomic E-state index is 14.1. The maximum absolute atomic E-state index is 14.1. The van der Waals surface area contributed by atoms with E-state index in [9.17, 15) is 8.42 Å². The predicted octanol–water partition coefficient (Wildman–Crippen LogP) is 7.68. The molecule has 4 aromatic carbocycles. The van der Waals surface area contributed by atoms with Gasteiger partial charge in [0.05, 0.1) is 4.90 Å². The summed E-state index contributed by atoms with van der Waals surface area (Å²) >= 11 is 0. The first-order chi connectivity index (χ1) is 20.7. The van der Waals surface area contributed by atoms with Gasteiger partial charge in [-0.15, -0.1) is 0 Å². The normalized spacial score (nSPS) is 12.7. The van der Waals surface area contributed by atoms with E-state index in [4.69, 9.17) is 5.73 Å². The summed E-state index contributed by atoms with van der Waals surface area (Å²) in [4.78, 5) is 0.336. The van der Waals surface area contributed by atoms with E-state index in [1.54, 1.807) is 0 Å². The fraction of sp³-hybridized carbons (Fsp3) is 0.385. The number of benzene rings is 4. The molecule has 0 aromatic heterocycles. The molecule has 0 fully saturated rings. The Bertz CT molecular complexity index is 1540. The van der Waals surface area contributed by atoms with E-state index in [0.717, 1.165) is 27.8 Å². The molecular weight excluding hydrogens is 697 g/mol. The second kappa shape index (κ2) is 18.9. The van der Waals surface area contributed by atoms with Crippen LogP contribution in [0.25, 0.3) is 4.72 Å². The van der Waals surface area contributed by atoms with Gasteiger partial charge in [0.2, 0.25) is 0 Å². The summed E-state index contributed by atoms with van der Waals surface area (Å²) in [6.07, 6.45) is 0. The zero-order valence-corrected chi connectivity index (χ0v) is 32.0. The molecule has 0 spiro atoms. The smallest absolute Gasteiger partial charge is 1.00 e. The van der Waals surface area contributed by atoms with Crippen LogP contribution in [0.3, 0.4) is 0 Å². The molecule has 4 aromatic rings. The third-order valence-corrected chi connectivity index (χ3v) is 9.49. The fourth-order valence-electron chi connectivity index (χ4n) is 5.18. The Morgan fingerprint density at radius 3 is 1.37 bits per heavy atom. The molecule has 4 rings (SSSR count). The minimum absolute atomic E-state index is 0. The number of aryl methyl sites for hydroxylation is 1. The SMILES string of the molecule is CC(C)c1cc(C(C)C)c(S(=O)(=O)[N-][C@@H](c2ccccc2)[C@@H](N)c2ccccc2)c(C(C)C)c1.Cc1ccc(C(C)C)cc1.[Cl-].[Ru+2]. The second-order valence-electron chi connectivity index (χ2n) is 12.9. The van der Waals surface area contributed by atoms with Crippen LogP contribution < -0.4 is 18.1 Å². The van der Waals surface area contributed by atoms with Crippen molar-refractivity contribution >= 4 is 10.0 Å². The number of hydrogen-bond acceptors (Lipinski definition) is 3. The summed E-state index contributed by atoms with van der Waals surface area (Å²) in [5.41, 5.74) is 13.8. The standard InChI is InChI=1S/C29H37N2O2S.C10H14.ClH.Ru/c1-19(2)24-17-25(20(3)4)29(26(18-24)21(5)6)34(32,33)31-28(23-15-11-8-12-16-23)27(30)22-13-9-7-10-14-22;1-8(2)10-6-4-9(3)5-7-10;;/h7-21,27-28H,30H2,1-6H3;4-8H,1-3H3;1H;/q-1;;;+2/p-1/t27-,28-;;;/m0.../s1. The molecule has 0 amide bonds. The first kappa shape index (κ1) is 41.7. The Morgan fingerprint density at radius 1 is 0.565 bits per heavy atom. The van der Waals surface area contributed by atoms with Gasteiger partial charge < -0.3 is 22.9 Å². The average Bonchev–Trinajstić information content (AvgIpc) is 3.00. The number of halogens is 1. The Labute approximate surface area is 298 Å². The van der Waals surface area contributed by atoms with Gasteiger partial charge in [0, 0.05) is 6.04 Å². The summed E-state index contributed by atoms with van der Waals surface area (Å²) in [6.45, 7) is 18.9. The van der Waals surface area contributed by atoms with E-state index >= 15 is 0 Å². The quantitative estimate of drug-likeness (QED) is 0.169. The van der Waals surface area contributed by atoms with E-state index in [1.807, 2.05) is 100 Å². The van der Waals surface area contributed by atoms with Crippen molar-refractivity contribution in [2.75, 3.05) is 0 Å².